The second-order valence-corrected chi connectivity index (χ2v) is 7.21. The smallest absolute Gasteiger partial charge is 0.203 e. The van der Waals surface area contributed by atoms with Crippen molar-refractivity contribution in [3.8, 4) is 28.5 Å². The van der Waals surface area contributed by atoms with E-state index in [2.05, 4.69) is 9.97 Å². The maximum atomic E-state index is 13.0. The number of benzene rings is 1. The van der Waals surface area contributed by atoms with Crippen LogP contribution in [0.4, 0.5) is 0 Å². The number of H-pyrrole nitrogens is 1. The molecule has 1 N–H and O–H groups in total. The first-order chi connectivity index (χ1) is 13.9. The van der Waals surface area contributed by atoms with Crippen molar-refractivity contribution in [1.29, 1.82) is 0 Å². The lowest BCUT2D eigenvalue weighted by Gasteiger charge is -2.21. The second-order valence-electron chi connectivity index (χ2n) is 7.21. The summed E-state index contributed by atoms with van der Waals surface area (Å²) in [6.45, 7) is 3.99. The van der Waals surface area contributed by atoms with Crippen LogP contribution in [-0.4, -0.2) is 55.8 Å². The fourth-order valence-corrected chi connectivity index (χ4v) is 3.22. The van der Waals surface area contributed by atoms with Crippen LogP contribution in [0, 0.1) is 5.41 Å². The van der Waals surface area contributed by atoms with Crippen LogP contribution in [0.3, 0.4) is 0 Å². The molecule has 8 heteroatoms. The van der Waals surface area contributed by atoms with E-state index in [0.717, 1.165) is 5.56 Å². The van der Waals surface area contributed by atoms with E-state index in [1.165, 1.54) is 0 Å². The molecule has 0 saturated carbocycles. The fraction of sp³-hybridized carbons (Fsp3) is 0.381. The highest BCUT2D eigenvalue weighted by Crippen LogP contribution is 2.41. The highest BCUT2D eigenvalue weighted by atomic mass is 16.5. The molecule has 0 aliphatic rings. The Morgan fingerprint density at radius 2 is 1.72 bits per heavy atom. The maximum absolute atomic E-state index is 13.0. The number of carbonyl (C=O) groups excluding carboxylic acids is 1. The van der Waals surface area contributed by atoms with Gasteiger partial charge < -0.3 is 23.9 Å². The molecular formula is C21H25N3O5. The average Bonchev–Trinajstić information content (AvgIpc) is 3.14. The van der Waals surface area contributed by atoms with Crippen LogP contribution in [0.2, 0.25) is 0 Å². The van der Waals surface area contributed by atoms with Crippen LogP contribution in [0.5, 0.6) is 17.2 Å². The number of rotatable bonds is 8. The van der Waals surface area contributed by atoms with Gasteiger partial charge in [0.1, 0.15) is 5.52 Å². The number of carbonyl (C=O) groups is 1. The molecule has 0 fully saturated rings. The fourth-order valence-electron chi connectivity index (χ4n) is 3.22. The largest absolute Gasteiger partial charge is 0.493 e. The molecule has 3 rings (SSSR count). The lowest BCUT2D eigenvalue weighted by Crippen LogP contribution is -2.29. The van der Waals surface area contributed by atoms with E-state index >= 15 is 0 Å². The molecule has 2 aromatic heterocycles. The van der Waals surface area contributed by atoms with Crippen LogP contribution in [0.15, 0.2) is 24.5 Å². The second kappa shape index (κ2) is 8.08. The van der Waals surface area contributed by atoms with Gasteiger partial charge in [-0.1, -0.05) is 13.8 Å². The predicted octanol–water partition coefficient (Wildman–Crippen LogP) is 3.51. The SMILES string of the molecule is COCC(C)(C)C(=O)c1c[nH]c2ncc(-c3cc(OC)c(OC)c(OC)c3)nc12. The van der Waals surface area contributed by atoms with Crippen molar-refractivity contribution in [3.05, 3.63) is 30.1 Å². The lowest BCUT2D eigenvalue weighted by molar-refractivity contribution is 0.0633. The van der Waals surface area contributed by atoms with Gasteiger partial charge in [-0.05, 0) is 12.1 Å². The molecule has 2 heterocycles. The summed E-state index contributed by atoms with van der Waals surface area (Å²) >= 11 is 0. The Bertz CT molecular complexity index is 1020. The van der Waals surface area contributed by atoms with Crippen molar-refractivity contribution < 1.29 is 23.7 Å². The monoisotopic (exact) mass is 399 g/mol. The minimum Gasteiger partial charge on any atom is -0.493 e. The van der Waals surface area contributed by atoms with E-state index in [9.17, 15) is 4.79 Å². The van der Waals surface area contributed by atoms with Gasteiger partial charge in [0.25, 0.3) is 0 Å². The topological polar surface area (TPSA) is 95.6 Å². The average molecular weight is 399 g/mol. The summed E-state index contributed by atoms with van der Waals surface area (Å²) in [5.74, 6) is 1.44. The zero-order valence-corrected chi connectivity index (χ0v) is 17.5. The third-order valence-corrected chi connectivity index (χ3v) is 4.71. The normalized spacial score (nSPS) is 11.5. The number of nitrogens with zero attached hydrogens (tertiary/aromatic N) is 2. The molecular weight excluding hydrogens is 374 g/mol. The lowest BCUT2D eigenvalue weighted by atomic mass is 9.86. The predicted molar refractivity (Wildman–Crippen MR) is 109 cm³/mol. The zero-order valence-electron chi connectivity index (χ0n) is 17.5. The summed E-state index contributed by atoms with van der Waals surface area (Å²) in [6, 6.07) is 3.58. The Hall–Kier alpha value is -3.13. The molecule has 0 saturated heterocycles. The number of methoxy groups -OCH3 is 4. The van der Waals surface area contributed by atoms with Crippen molar-refractivity contribution in [2.24, 2.45) is 5.41 Å². The number of fused-ring (bicyclic) bond motifs is 1. The number of aromatic nitrogens is 3. The van der Waals surface area contributed by atoms with Crippen LogP contribution in [-0.2, 0) is 4.74 Å². The molecule has 1 aromatic carbocycles. The molecule has 154 valence electrons. The number of hydrogen-bond donors (Lipinski definition) is 1. The van der Waals surface area contributed by atoms with E-state index in [0.29, 0.717) is 46.3 Å². The van der Waals surface area contributed by atoms with Gasteiger partial charge in [-0.3, -0.25) is 4.79 Å². The zero-order chi connectivity index (χ0) is 21.2. The third kappa shape index (κ3) is 3.75. The molecule has 29 heavy (non-hydrogen) atoms. The molecule has 0 spiro atoms. The van der Waals surface area contributed by atoms with E-state index in [4.69, 9.17) is 23.9 Å². The Labute approximate surface area is 169 Å². The van der Waals surface area contributed by atoms with Gasteiger partial charge in [0, 0.05) is 18.9 Å². The maximum Gasteiger partial charge on any atom is 0.203 e. The van der Waals surface area contributed by atoms with Crippen LogP contribution >= 0.6 is 0 Å². The Kier molecular flexibility index (Phi) is 5.74. The molecule has 0 aliphatic heterocycles. The van der Waals surface area contributed by atoms with Gasteiger partial charge in [-0.15, -0.1) is 0 Å². The number of ketones is 1. The van der Waals surface area contributed by atoms with Crippen molar-refractivity contribution >= 4 is 16.9 Å². The van der Waals surface area contributed by atoms with Crippen molar-refractivity contribution in [2.45, 2.75) is 13.8 Å². The van der Waals surface area contributed by atoms with Gasteiger partial charge in [0.15, 0.2) is 22.9 Å². The van der Waals surface area contributed by atoms with E-state index < -0.39 is 5.41 Å². The number of nitrogens with one attached hydrogen (secondary N) is 1. The summed E-state index contributed by atoms with van der Waals surface area (Å²) < 4.78 is 21.4. The van der Waals surface area contributed by atoms with Crippen molar-refractivity contribution in [3.63, 3.8) is 0 Å². The summed E-state index contributed by atoms with van der Waals surface area (Å²) in [7, 11) is 6.23. The molecule has 8 nitrogen and oxygen atoms in total. The highest BCUT2D eigenvalue weighted by Gasteiger charge is 2.31. The Morgan fingerprint density at radius 3 is 2.28 bits per heavy atom. The molecule has 0 unspecified atom stereocenters. The molecule has 0 amide bonds. The van der Waals surface area contributed by atoms with Crippen molar-refractivity contribution in [2.75, 3.05) is 35.0 Å². The minimum absolute atomic E-state index is 0.0676. The summed E-state index contributed by atoms with van der Waals surface area (Å²) in [4.78, 5) is 25.2. The van der Waals surface area contributed by atoms with Gasteiger partial charge in [0.05, 0.1) is 50.8 Å². The van der Waals surface area contributed by atoms with Gasteiger partial charge in [-0.2, -0.15) is 0 Å². The van der Waals surface area contributed by atoms with E-state index in [1.54, 1.807) is 53.0 Å². The first kappa shape index (κ1) is 20.6. The quantitative estimate of drug-likeness (QED) is 0.579. The first-order valence-corrected chi connectivity index (χ1v) is 9.04. The summed E-state index contributed by atoms with van der Waals surface area (Å²) in [5.41, 5.74) is 2.14. The molecule has 0 atom stereocenters. The van der Waals surface area contributed by atoms with Crippen LogP contribution < -0.4 is 14.2 Å². The standard InChI is InChI=1S/C21H25N3O5/c1-21(2,11-26-3)19(25)13-9-22-20-17(13)24-14(10-23-20)12-7-15(27-4)18(29-6)16(8-12)28-5/h7-10H,11H2,1-6H3,(H,22,23). The number of aromatic amines is 1. The molecule has 0 bridgehead atoms. The van der Waals surface area contributed by atoms with Gasteiger partial charge in [-0.25, -0.2) is 9.97 Å². The Morgan fingerprint density at radius 1 is 1.07 bits per heavy atom. The minimum atomic E-state index is -0.686. The van der Waals surface area contributed by atoms with E-state index in [-0.39, 0.29) is 5.78 Å². The number of ether oxygens (including phenoxy) is 4. The molecule has 3 aromatic rings. The van der Waals surface area contributed by atoms with Crippen molar-refractivity contribution in [1.82, 2.24) is 15.0 Å². The Balaban J connectivity index is 2.12. The number of Topliss-reactive ketones (excluding diaryl/α,β-unsaturated/α-hetero) is 1. The third-order valence-electron chi connectivity index (χ3n) is 4.71. The molecule has 0 aliphatic carbocycles. The van der Waals surface area contributed by atoms with Gasteiger partial charge in [0.2, 0.25) is 5.75 Å². The van der Waals surface area contributed by atoms with Crippen LogP contribution in [0.1, 0.15) is 24.2 Å². The van der Waals surface area contributed by atoms with Crippen LogP contribution in [0.25, 0.3) is 22.4 Å². The first-order valence-electron chi connectivity index (χ1n) is 9.04. The number of hydrogen-bond acceptors (Lipinski definition) is 7. The molecule has 0 radical (unpaired) electrons. The van der Waals surface area contributed by atoms with E-state index in [1.807, 2.05) is 13.8 Å². The summed E-state index contributed by atoms with van der Waals surface area (Å²) in [6.07, 6.45) is 3.28. The summed E-state index contributed by atoms with van der Waals surface area (Å²) in [5, 5.41) is 0. The highest BCUT2D eigenvalue weighted by molar-refractivity contribution is 6.08. The van der Waals surface area contributed by atoms with Gasteiger partial charge >= 0.3 is 0 Å².